The molecule has 11 aliphatic heterocycles. The van der Waals surface area contributed by atoms with E-state index in [0.29, 0.717) is 72.0 Å². The number of carbonyl (C=O) groups excluding carboxylic acids is 1. The highest BCUT2D eigenvalue weighted by atomic mass is 32.2. The van der Waals surface area contributed by atoms with Crippen molar-refractivity contribution in [1.82, 2.24) is 58.9 Å². The van der Waals surface area contributed by atoms with Crippen LogP contribution in [0.5, 0.6) is 0 Å². The molecule has 0 bridgehead atoms. The van der Waals surface area contributed by atoms with Gasteiger partial charge < -0.3 is 57.5 Å². The Morgan fingerprint density at radius 1 is 0.474 bits per heavy atom. The van der Waals surface area contributed by atoms with E-state index in [1.165, 1.54) is 87.0 Å². The molecular formula is C105H210N14O13S3. The summed E-state index contributed by atoms with van der Waals surface area (Å²) in [5.41, 5.74) is 0.212. The zero-order valence-corrected chi connectivity index (χ0v) is 95.9. The minimum Gasteiger partial charge on any atom is -0.478 e. The minimum absolute atomic E-state index is 0.0135. The number of rotatable bonds is 16. The Labute approximate surface area is 832 Å². The van der Waals surface area contributed by atoms with Crippen molar-refractivity contribution < 1.29 is 59.9 Å². The number of thioether (sulfide) groups is 1. The maximum atomic E-state index is 11.2. The Kier molecular flexibility index (Phi) is 65.3. The van der Waals surface area contributed by atoms with Crippen molar-refractivity contribution in [1.29, 1.82) is 0 Å². The number of likely N-dealkylation sites (tertiary alicyclic amines) is 3. The number of aliphatic hydroxyl groups excluding tert-OH is 1. The smallest absolute Gasteiger partial charge is 0.222 e. The van der Waals surface area contributed by atoms with Crippen LogP contribution in [0.3, 0.4) is 0 Å². The third kappa shape index (κ3) is 56.5. The van der Waals surface area contributed by atoms with Gasteiger partial charge in [0.1, 0.15) is 18.8 Å². The van der Waals surface area contributed by atoms with Crippen molar-refractivity contribution in [3.63, 3.8) is 0 Å². The highest BCUT2D eigenvalue weighted by Crippen LogP contribution is 2.49. The summed E-state index contributed by atoms with van der Waals surface area (Å²) in [5.74, 6) is 14.3. The highest BCUT2D eigenvalue weighted by Gasteiger charge is 2.54. The zero-order chi connectivity index (χ0) is 103. The number of nitrogens with zero attached hydrogens (tertiary/aromatic N) is 14. The molecule has 2 aromatic heterocycles. The Hall–Kier alpha value is -3.37. The van der Waals surface area contributed by atoms with Gasteiger partial charge in [0.05, 0.1) is 78.9 Å². The first-order chi connectivity index (χ1) is 62.9. The van der Waals surface area contributed by atoms with Crippen molar-refractivity contribution in [2.45, 2.75) is 408 Å². The van der Waals surface area contributed by atoms with Gasteiger partial charge in [-0.05, 0) is 271 Å². The van der Waals surface area contributed by atoms with E-state index in [1.54, 1.807) is 17.7 Å². The number of sulfone groups is 1. The number of piperidine rings is 1. The molecule has 2 aliphatic carbocycles. The third-order valence-corrected chi connectivity index (χ3v) is 32.6. The molecule has 0 radical (unpaired) electrons. The van der Waals surface area contributed by atoms with E-state index in [0.717, 1.165) is 234 Å². The summed E-state index contributed by atoms with van der Waals surface area (Å²) in [6, 6.07) is 2.66. The lowest BCUT2D eigenvalue weighted by Gasteiger charge is -2.34. The first-order valence-electron chi connectivity index (χ1n) is 52.8. The molecule has 0 aromatic carbocycles. The van der Waals surface area contributed by atoms with Gasteiger partial charge in [-0.25, -0.2) is 21.8 Å². The molecule has 135 heavy (non-hydrogen) atoms. The van der Waals surface area contributed by atoms with Crippen molar-refractivity contribution in [3.05, 3.63) is 18.0 Å². The molecule has 2 saturated carbocycles. The second kappa shape index (κ2) is 68.0. The van der Waals surface area contributed by atoms with Crippen molar-refractivity contribution in [2.75, 3.05) is 149 Å². The topological polar surface area (TPSA) is 285 Å². The maximum Gasteiger partial charge on any atom is 0.222 e. The summed E-state index contributed by atoms with van der Waals surface area (Å²) >= 11 is 1.91. The van der Waals surface area contributed by atoms with Crippen LogP contribution >= 0.6 is 11.8 Å². The van der Waals surface area contributed by atoms with Crippen molar-refractivity contribution >= 4 is 48.5 Å². The third-order valence-electron chi connectivity index (χ3n) is 26.4. The van der Waals surface area contributed by atoms with Gasteiger partial charge in [0.25, 0.3) is 0 Å². The molecule has 13 heterocycles. The molecule has 9 saturated heterocycles. The quantitative estimate of drug-likeness (QED) is 0.163. The van der Waals surface area contributed by atoms with Gasteiger partial charge >= 0.3 is 0 Å². The van der Waals surface area contributed by atoms with Gasteiger partial charge in [0, 0.05) is 158 Å². The van der Waals surface area contributed by atoms with Crippen molar-refractivity contribution in [2.24, 2.45) is 95.1 Å². The fraction of sp³-hybridized carbons (Fsp3) is 0.943. The average Bonchev–Trinajstić information content (AvgIpc) is 1.59. The summed E-state index contributed by atoms with van der Waals surface area (Å²) in [6.45, 7) is 92.8. The summed E-state index contributed by atoms with van der Waals surface area (Å²) in [5, 5.41) is 29.7. The Morgan fingerprint density at radius 3 is 1.14 bits per heavy atom. The molecule has 2 unspecified atom stereocenters. The van der Waals surface area contributed by atoms with E-state index in [9.17, 15) is 26.7 Å². The number of amides is 1. The standard InChI is InChI=1S/C8H15NO.C8H17NO.C8H15NS.3C8H16O.C7H15NO.C7H13NO.C7H14O2S.C7H14O2.C6H11N3.C6H13NO2S.C6H13N.C6H12.C5H10N4/c1-6(2)7-9-8(3,4)5-10-7;1-7(2)9-5-3-8(10)4-6-9;1-6(2)7-9-8(3,4)5-10-7;3*1-7(2)8-4-3-5-9-6-8;1-7(2)8-3-5-9-6-4-8;1-6(2)8-5-3-4-7(8)9;1-6(2)7(4-5-7)10(3,8)9;1-6(2)7-5-8-3-4-9-7;1-5(2)6-8-7-4-9(6)3;1-6(2)7-4-3-5-10(7,8)9;1-6(2)7-4-3-5-7;1-5(2)6-3-4-6;1-4(2)5-6-8-9(3)7-5/h6H,5H2,1-4H3;7-8,10H,3-6H2,1-2H3;6H,5H2,1-4H3;3*7-8H,3-6H2,1-2H3;7H,3-6H2,1-2H3;6H,3-5H2,1-2H3;6H,4-5H2,1-3H3;6-7H,3-5H2,1-2H3;4-5H,1-3H3;6H,3-5H2,1-2H3;6H,3-5H2,1-2H3;5-6H,3-4H2,1-2H3;4H,1-3H3/t;;;2*8-;;;;;;;;;;/m...10........../s1. The number of morpholine rings is 1. The number of aliphatic imine (C=N–C) groups is 2. The number of aromatic nitrogens is 7. The molecule has 27 nitrogen and oxygen atoms in total. The molecule has 11 fully saturated rings. The lowest BCUT2D eigenvalue weighted by molar-refractivity contribution is -0.129. The minimum atomic E-state index is -2.85. The van der Waals surface area contributed by atoms with Crippen LogP contribution in [0, 0.1) is 71.0 Å². The Balaban J connectivity index is 0.000000724. The van der Waals surface area contributed by atoms with Crippen LogP contribution in [-0.2, 0) is 71.9 Å². The number of ether oxygens (including phenoxy) is 7. The number of sulfonamides is 1. The number of aliphatic hydroxyl groups is 1. The first-order valence-corrected chi connectivity index (χ1v) is 57.3. The summed E-state index contributed by atoms with van der Waals surface area (Å²) in [7, 11) is -1.93. The fourth-order valence-corrected chi connectivity index (χ4v) is 20.7. The molecule has 0 spiro atoms. The number of carbonyl (C=O) groups is 1. The molecule has 1 N–H and O–H groups in total. The van der Waals surface area contributed by atoms with E-state index >= 15 is 0 Å². The first kappa shape index (κ1) is 130. The molecule has 13 aliphatic rings. The molecular weight excluding hydrogens is 1760 g/mol. The number of aryl methyl sites for hydroxylation is 2. The maximum absolute atomic E-state index is 11.2. The number of hydrogen-bond donors (Lipinski definition) is 1. The number of tetrazole rings is 1. The SMILES string of the molecule is CC(C)C1(S(C)(=O)=O)CC1.CC(C)C1=NC(C)(C)CO1.CC(C)C1=NC(C)(C)CS1.CC(C)C1CC1.CC(C)C1CCCOC1.CC(C)C1COCCO1.CC(C)N1CCC(O)CC1.CC(C)N1CCC1.CC(C)N1CCCC1=O.CC(C)N1CCCS1(=O)=O.CC(C)N1CCOCC1.CC(C)[C@@H]1CCCOC1.CC(C)[C@H]1CCCOC1.CC(C)c1nncn1C.CC(C)c1nnn(C)n1. The largest absolute Gasteiger partial charge is 0.478 e. The molecule has 1 amide bonds. The zero-order valence-electron chi connectivity index (χ0n) is 93.4. The Bertz CT molecular complexity index is 3430. The van der Waals surface area contributed by atoms with Gasteiger partial charge in [0.2, 0.25) is 15.9 Å². The second-order valence-electron chi connectivity index (χ2n) is 44.9. The van der Waals surface area contributed by atoms with E-state index < -0.39 is 19.9 Å². The lowest BCUT2D eigenvalue weighted by Crippen LogP contribution is -2.41. The van der Waals surface area contributed by atoms with E-state index in [-0.39, 0.29) is 33.9 Å². The van der Waals surface area contributed by atoms with Crippen LogP contribution in [0.4, 0.5) is 0 Å². The normalized spacial score (nSPS) is 23.0. The predicted molar refractivity (Wildman–Crippen MR) is 566 cm³/mol. The van der Waals surface area contributed by atoms with Gasteiger partial charge in [-0.15, -0.1) is 32.2 Å². The molecule has 2 aromatic rings. The summed E-state index contributed by atoms with van der Waals surface area (Å²) in [4.78, 5) is 30.7. The fourth-order valence-electron chi connectivity index (χ4n) is 16.0. The molecule has 4 atom stereocenters. The molecule has 796 valence electrons. The van der Waals surface area contributed by atoms with Gasteiger partial charge in [-0.1, -0.05) is 138 Å². The van der Waals surface area contributed by atoms with Crippen LogP contribution in [0.1, 0.15) is 362 Å². The summed E-state index contributed by atoms with van der Waals surface area (Å²) < 4.78 is 85.0. The van der Waals surface area contributed by atoms with E-state index in [1.807, 2.05) is 69.8 Å². The molecule has 15 rings (SSSR count). The Morgan fingerprint density at radius 2 is 0.956 bits per heavy atom. The summed E-state index contributed by atoms with van der Waals surface area (Å²) in [6.07, 6.45) is 21.9. The van der Waals surface area contributed by atoms with Crippen LogP contribution in [-0.4, -0.2) is 305 Å². The lowest BCUT2D eigenvalue weighted by atomic mass is 9.91. The van der Waals surface area contributed by atoms with Gasteiger partial charge in [-0.3, -0.25) is 14.7 Å². The predicted octanol–water partition coefficient (Wildman–Crippen LogP) is 20.4. The average molecular weight is 1970 g/mol. The highest BCUT2D eigenvalue weighted by molar-refractivity contribution is 8.14. The van der Waals surface area contributed by atoms with Crippen LogP contribution in [0.25, 0.3) is 0 Å². The number of hydrogen-bond acceptors (Lipinski definition) is 24. The van der Waals surface area contributed by atoms with Crippen LogP contribution in [0.15, 0.2) is 16.3 Å². The monoisotopic (exact) mass is 1970 g/mol. The van der Waals surface area contributed by atoms with E-state index in [2.05, 4.69) is 244 Å². The van der Waals surface area contributed by atoms with E-state index in [4.69, 9.17) is 33.2 Å². The second-order valence-corrected chi connectivity index (χ2v) is 50.3. The van der Waals surface area contributed by atoms with Crippen molar-refractivity contribution in [3.8, 4) is 0 Å². The van der Waals surface area contributed by atoms with Gasteiger partial charge in [0.15, 0.2) is 21.6 Å². The van der Waals surface area contributed by atoms with Gasteiger partial charge in [-0.2, -0.15) is 9.10 Å². The van der Waals surface area contributed by atoms with Crippen LogP contribution < -0.4 is 0 Å². The molecule has 30 heteroatoms. The van der Waals surface area contributed by atoms with Crippen LogP contribution in [0.2, 0.25) is 0 Å².